The number of ether oxygens (including phenoxy) is 2. The topological polar surface area (TPSA) is 120 Å². The average Bonchev–Trinajstić information content (AvgIpc) is 3.25. The minimum Gasteiger partial charge on any atom is -0.477 e. The van der Waals surface area contributed by atoms with Crippen LogP contribution in [-0.2, 0) is 9.53 Å². The first kappa shape index (κ1) is 20.3. The zero-order valence-corrected chi connectivity index (χ0v) is 15.6. The van der Waals surface area contributed by atoms with Crippen LogP contribution < -0.4 is 15.4 Å². The van der Waals surface area contributed by atoms with E-state index in [1.165, 1.54) is 18.2 Å². The molecule has 1 fully saturated rings. The van der Waals surface area contributed by atoms with Gasteiger partial charge in [-0.1, -0.05) is 12.1 Å². The number of nitrogens with one attached hydrogen (secondary N) is 2. The third-order valence-electron chi connectivity index (χ3n) is 4.37. The van der Waals surface area contributed by atoms with Crippen LogP contribution >= 0.6 is 0 Å². The van der Waals surface area contributed by atoms with Crippen molar-refractivity contribution >= 4 is 23.2 Å². The molecule has 0 radical (unpaired) electrons. The Hall–Kier alpha value is -3.46. The Morgan fingerprint density at radius 2 is 1.93 bits per heavy atom. The van der Waals surface area contributed by atoms with Crippen LogP contribution in [0.3, 0.4) is 0 Å². The molecule has 1 aliphatic rings. The lowest BCUT2D eigenvalue weighted by atomic mass is 10.2. The SMILES string of the molecule is O=C(COc1ccccc1[N+](=O)[O-])Nc1ccc(C(=O)NCC2CCCO2)cc1. The van der Waals surface area contributed by atoms with Crippen molar-refractivity contribution < 1.29 is 24.0 Å². The number of rotatable bonds is 8. The lowest BCUT2D eigenvalue weighted by Crippen LogP contribution is -2.31. The summed E-state index contributed by atoms with van der Waals surface area (Å²) in [7, 11) is 0. The van der Waals surface area contributed by atoms with E-state index in [1.807, 2.05) is 0 Å². The van der Waals surface area contributed by atoms with E-state index >= 15 is 0 Å². The van der Waals surface area contributed by atoms with Gasteiger partial charge < -0.3 is 20.1 Å². The summed E-state index contributed by atoms with van der Waals surface area (Å²) in [6, 6.07) is 12.2. The van der Waals surface area contributed by atoms with Crippen molar-refractivity contribution in [3.8, 4) is 5.75 Å². The number of carbonyl (C=O) groups excluding carboxylic acids is 2. The van der Waals surface area contributed by atoms with Gasteiger partial charge in [-0.05, 0) is 43.2 Å². The minimum atomic E-state index is -0.574. The molecule has 152 valence electrons. The largest absolute Gasteiger partial charge is 0.477 e. The van der Waals surface area contributed by atoms with Gasteiger partial charge in [0.2, 0.25) is 0 Å². The predicted octanol–water partition coefficient (Wildman–Crippen LogP) is 2.52. The maximum absolute atomic E-state index is 12.2. The summed E-state index contributed by atoms with van der Waals surface area (Å²) in [6.07, 6.45) is 2.02. The zero-order chi connectivity index (χ0) is 20.6. The van der Waals surface area contributed by atoms with Crippen molar-refractivity contribution in [1.82, 2.24) is 5.32 Å². The Bertz CT molecular complexity index is 878. The highest BCUT2D eigenvalue weighted by Crippen LogP contribution is 2.25. The lowest BCUT2D eigenvalue weighted by Gasteiger charge is -2.11. The Morgan fingerprint density at radius 1 is 1.17 bits per heavy atom. The summed E-state index contributed by atoms with van der Waals surface area (Å²) in [5.41, 5.74) is 0.743. The first-order valence-electron chi connectivity index (χ1n) is 9.19. The Morgan fingerprint density at radius 3 is 2.62 bits per heavy atom. The van der Waals surface area contributed by atoms with Gasteiger partial charge in [-0.15, -0.1) is 0 Å². The molecule has 1 aliphatic heterocycles. The van der Waals surface area contributed by atoms with Gasteiger partial charge >= 0.3 is 5.69 Å². The molecule has 0 saturated carbocycles. The molecule has 1 saturated heterocycles. The molecule has 0 aromatic heterocycles. The van der Waals surface area contributed by atoms with E-state index < -0.39 is 10.8 Å². The molecule has 9 heteroatoms. The van der Waals surface area contributed by atoms with Gasteiger partial charge in [-0.2, -0.15) is 0 Å². The van der Waals surface area contributed by atoms with E-state index in [9.17, 15) is 19.7 Å². The van der Waals surface area contributed by atoms with E-state index in [-0.39, 0.29) is 30.1 Å². The van der Waals surface area contributed by atoms with Gasteiger partial charge in [0.25, 0.3) is 11.8 Å². The highest BCUT2D eigenvalue weighted by Gasteiger charge is 2.17. The normalized spacial score (nSPS) is 15.5. The molecule has 29 heavy (non-hydrogen) atoms. The predicted molar refractivity (Wildman–Crippen MR) is 105 cm³/mol. The Labute approximate surface area is 167 Å². The highest BCUT2D eigenvalue weighted by molar-refractivity contribution is 5.96. The number of nitro groups is 1. The van der Waals surface area contributed by atoms with Crippen LogP contribution in [0.5, 0.6) is 5.75 Å². The molecule has 0 spiro atoms. The maximum Gasteiger partial charge on any atom is 0.310 e. The van der Waals surface area contributed by atoms with Gasteiger partial charge in [0.1, 0.15) is 0 Å². The third kappa shape index (κ3) is 5.76. The van der Waals surface area contributed by atoms with Gasteiger partial charge in [-0.3, -0.25) is 19.7 Å². The van der Waals surface area contributed by atoms with E-state index in [0.717, 1.165) is 19.4 Å². The van der Waals surface area contributed by atoms with E-state index in [4.69, 9.17) is 9.47 Å². The second-order valence-corrected chi connectivity index (χ2v) is 6.48. The van der Waals surface area contributed by atoms with Crippen LogP contribution in [0.4, 0.5) is 11.4 Å². The van der Waals surface area contributed by atoms with Crippen molar-refractivity contribution in [3.05, 3.63) is 64.2 Å². The molecule has 3 rings (SSSR count). The monoisotopic (exact) mass is 399 g/mol. The third-order valence-corrected chi connectivity index (χ3v) is 4.37. The fraction of sp³-hybridized carbons (Fsp3) is 0.300. The summed E-state index contributed by atoms with van der Waals surface area (Å²) >= 11 is 0. The standard InChI is InChI=1S/C20H21N3O6/c24-19(13-29-18-6-2-1-5-17(18)23(26)27)22-15-9-7-14(8-10-15)20(25)21-12-16-4-3-11-28-16/h1-2,5-10,16H,3-4,11-13H2,(H,21,25)(H,22,24). The number of carbonyl (C=O) groups is 2. The molecule has 0 bridgehead atoms. The number of benzene rings is 2. The van der Waals surface area contributed by atoms with Crippen LogP contribution in [0.2, 0.25) is 0 Å². The summed E-state index contributed by atoms with van der Waals surface area (Å²) in [6.45, 7) is 0.824. The maximum atomic E-state index is 12.2. The summed E-state index contributed by atoms with van der Waals surface area (Å²) < 4.78 is 10.7. The number of amides is 2. The number of hydrogen-bond acceptors (Lipinski definition) is 6. The first-order chi connectivity index (χ1) is 14.0. The number of hydrogen-bond donors (Lipinski definition) is 2. The van der Waals surface area contributed by atoms with Crippen molar-refractivity contribution in [2.75, 3.05) is 25.1 Å². The van der Waals surface area contributed by atoms with Gasteiger partial charge in [0.05, 0.1) is 11.0 Å². The summed E-state index contributed by atoms with van der Waals surface area (Å²) in [4.78, 5) is 34.6. The number of anilines is 1. The Kier molecular flexibility index (Phi) is 6.75. The van der Waals surface area contributed by atoms with Crippen molar-refractivity contribution in [1.29, 1.82) is 0 Å². The van der Waals surface area contributed by atoms with Crippen molar-refractivity contribution in [2.24, 2.45) is 0 Å². The van der Waals surface area contributed by atoms with E-state index in [0.29, 0.717) is 17.8 Å². The number of para-hydroxylation sites is 2. The van der Waals surface area contributed by atoms with Crippen molar-refractivity contribution in [2.45, 2.75) is 18.9 Å². The first-order valence-corrected chi connectivity index (χ1v) is 9.19. The van der Waals surface area contributed by atoms with Crippen LogP contribution in [0.15, 0.2) is 48.5 Å². The average molecular weight is 399 g/mol. The number of nitrogens with zero attached hydrogens (tertiary/aromatic N) is 1. The molecule has 1 unspecified atom stereocenters. The molecule has 0 aliphatic carbocycles. The lowest BCUT2D eigenvalue weighted by molar-refractivity contribution is -0.385. The second kappa shape index (κ2) is 9.65. The molecule has 9 nitrogen and oxygen atoms in total. The molecule has 1 atom stereocenters. The highest BCUT2D eigenvalue weighted by atomic mass is 16.6. The summed E-state index contributed by atoms with van der Waals surface area (Å²) in [5.74, 6) is -0.664. The second-order valence-electron chi connectivity index (χ2n) is 6.48. The molecular formula is C20H21N3O6. The van der Waals surface area contributed by atoms with Gasteiger partial charge in [0, 0.05) is 30.5 Å². The van der Waals surface area contributed by atoms with Crippen molar-refractivity contribution in [3.63, 3.8) is 0 Å². The molecule has 2 amide bonds. The molecule has 1 heterocycles. The number of nitro benzene ring substituents is 1. The van der Waals surface area contributed by atoms with Crippen LogP contribution in [-0.4, -0.2) is 42.6 Å². The van der Waals surface area contributed by atoms with Crippen LogP contribution in [0.25, 0.3) is 0 Å². The molecule has 2 N–H and O–H groups in total. The van der Waals surface area contributed by atoms with E-state index in [1.54, 1.807) is 30.3 Å². The smallest absolute Gasteiger partial charge is 0.310 e. The fourth-order valence-corrected chi connectivity index (χ4v) is 2.89. The van der Waals surface area contributed by atoms with Gasteiger partial charge in [-0.25, -0.2) is 0 Å². The van der Waals surface area contributed by atoms with Crippen LogP contribution in [0.1, 0.15) is 23.2 Å². The molecule has 2 aromatic rings. The molecular weight excluding hydrogens is 378 g/mol. The minimum absolute atomic E-state index is 0.0194. The quantitative estimate of drug-likeness (QED) is 0.520. The molecule has 2 aromatic carbocycles. The summed E-state index contributed by atoms with van der Waals surface area (Å²) in [5, 5.41) is 16.4. The zero-order valence-electron chi connectivity index (χ0n) is 15.6. The van der Waals surface area contributed by atoms with Gasteiger partial charge in [0.15, 0.2) is 12.4 Å². The van der Waals surface area contributed by atoms with Crippen LogP contribution in [0, 0.1) is 10.1 Å². The van der Waals surface area contributed by atoms with E-state index in [2.05, 4.69) is 10.6 Å². The fourth-order valence-electron chi connectivity index (χ4n) is 2.89. The Balaban J connectivity index is 1.48.